The lowest BCUT2D eigenvalue weighted by atomic mass is 9.87. The maximum atomic E-state index is 6.10. The van der Waals surface area contributed by atoms with E-state index in [-0.39, 0.29) is 5.41 Å². The molecular formula is C17H19ClO. The van der Waals surface area contributed by atoms with Crippen LogP contribution in [0.2, 0.25) is 5.02 Å². The topological polar surface area (TPSA) is 9.23 Å². The van der Waals surface area contributed by atoms with E-state index in [9.17, 15) is 0 Å². The molecule has 0 aliphatic carbocycles. The molecule has 0 atom stereocenters. The molecule has 2 aromatic rings. The number of rotatable bonds is 3. The summed E-state index contributed by atoms with van der Waals surface area (Å²) in [5, 5.41) is 0.744. The van der Waals surface area contributed by atoms with Gasteiger partial charge in [-0.05, 0) is 29.2 Å². The van der Waals surface area contributed by atoms with Gasteiger partial charge in [0.05, 0.1) is 0 Å². The molecule has 19 heavy (non-hydrogen) atoms. The molecule has 0 unspecified atom stereocenters. The average molecular weight is 275 g/mol. The van der Waals surface area contributed by atoms with Gasteiger partial charge in [0, 0.05) is 10.6 Å². The second-order valence-corrected chi connectivity index (χ2v) is 6.06. The minimum absolute atomic E-state index is 0.168. The quantitative estimate of drug-likeness (QED) is 0.746. The second kappa shape index (κ2) is 5.66. The highest BCUT2D eigenvalue weighted by molar-refractivity contribution is 6.31. The predicted molar refractivity (Wildman–Crippen MR) is 80.9 cm³/mol. The fourth-order valence-electron chi connectivity index (χ4n) is 1.83. The van der Waals surface area contributed by atoms with Gasteiger partial charge in [0.25, 0.3) is 0 Å². The Bertz CT molecular complexity index is 538. The third-order valence-electron chi connectivity index (χ3n) is 3.07. The SMILES string of the molecule is CC(C)(C)c1ccc(OCc2ccccc2Cl)cc1. The van der Waals surface area contributed by atoms with Crippen LogP contribution in [0, 0.1) is 0 Å². The maximum Gasteiger partial charge on any atom is 0.119 e. The van der Waals surface area contributed by atoms with Crippen LogP contribution < -0.4 is 4.74 Å². The molecule has 0 fully saturated rings. The highest BCUT2D eigenvalue weighted by atomic mass is 35.5. The van der Waals surface area contributed by atoms with Gasteiger partial charge in [-0.15, -0.1) is 0 Å². The van der Waals surface area contributed by atoms with Crippen molar-refractivity contribution >= 4 is 11.6 Å². The second-order valence-electron chi connectivity index (χ2n) is 5.65. The first kappa shape index (κ1) is 14.0. The number of halogens is 1. The van der Waals surface area contributed by atoms with Crippen molar-refractivity contribution in [3.05, 3.63) is 64.7 Å². The maximum absolute atomic E-state index is 6.10. The predicted octanol–water partition coefficient (Wildman–Crippen LogP) is 5.22. The zero-order valence-corrected chi connectivity index (χ0v) is 12.4. The van der Waals surface area contributed by atoms with E-state index in [4.69, 9.17) is 16.3 Å². The molecule has 2 aromatic carbocycles. The van der Waals surface area contributed by atoms with Crippen LogP contribution in [0.5, 0.6) is 5.75 Å². The van der Waals surface area contributed by atoms with Crippen LogP contribution in [0.1, 0.15) is 31.9 Å². The molecule has 0 amide bonds. The Balaban J connectivity index is 2.03. The van der Waals surface area contributed by atoms with Gasteiger partial charge in [0.1, 0.15) is 12.4 Å². The van der Waals surface area contributed by atoms with Gasteiger partial charge in [0.15, 0.2) is 0 Å². The van der Waals surface area contributed by atoms with Crippen LogP contribution in [0.25, 0.3) is 0 Å². The molecule has 100 valence electrons. The lowest BCUT2D eigenvalue weighted by Gasteiger charge is -2.19. The van der Waals surface area contributed by atoms with Crippen LogP contribution in [-0.2, 0) is 12.0 Å². The molecule has 0 N–H and O–H groups in total. The third kappa shape index (κ3) is 3.74. The smallest absolute Gasteiger partial charge is 0.119 e. The largest absolute Gasteiger partial charge is 0.489 e. The van der Waals surface area contributed by atoms with Crippen LogP contribution >= 0.6 is 11.6 Å². The van der Waals surface area contributed by atoms with Gasteiger partial charge in [0.2, 0.25) is 0 Å². The van der Waals surface area contributed by atoms with E-state index in [1.165, 1.54) is 5.56 Å². The Morgan fingerprint density at radius 1 is 0.947 bits per heavy atom. The van der Waals surface area contributed by atoms with Crippen molar-refractivity contribution in [3.8, 4) is 5.75 Å². The summed E-state index contributed by atoms with van der Waals surface area (Å²) in [4.78, 5) is 0. The minimum Gasteiger partial charge on any atom is -0.489 e. The van der Waals surface area contributed by atoms with Crippen molar-refractivity contribution < 1.29 is 4.74 Å². The first-order valence-electron chi connectivity index (χ1n) is 6.43. The Hall–Kier alpha value is -1.47. The first-order valence-corrected chi connectivity index (χ1v) is 6.81. The summed E-state index contributed by atoms with van der Waals surface area (Å²) < 4.78 is 5.76. The normalized spacial score (nSPS) is 11.4. The Morgan fingerprint density at radius 3 is 2.16 bits per heavy atom. The van der Waals surface area contributed by atoms with E-state index in [0.717, 1.165) is 16.3 Å². The van der Waals surface area contributed by atoms with E-state index in [0.29, 0.717) is 6.61 Å². The van der Waals surface area contributed by atoms with Crippen molar-refractivity contribution in [3.63, 3.8) is 0 Å². The van der Waals surface area contributed by atoms with Crippen molar-refractivity contribution in [2.45, 2.75) is 32.8 Å². The van der Waals surface area contributed by atoms with Crippen molar-refractivity contribution in [2.75, 3.05) is 0 Å². The molecular weight excluding hydrogens is 256 g/mol. The molecule has 0 saturated carbocycles. The van der Waals surface area contributed by atoms with Gasteiger partial charge < -0.3 is 4.74 Å². The summed E-state index contributed by atoms with van der Waals surface area (Å²) in [6.07, 6.45) is 0. The Morgan fingerprint density at radius 2 is 1.58 bits per heavy atom. The summed E-state index contributed by atoms with van der Waals surface area (Å²) in [6, 6.07) is 16.0. The monoisotopic (exact) mass is 274 g/mol. The molecule has 0 bridgehead atoms. The van der Waals surface area contributed by atoms with E-state index in [1.807, 2.05) is 36.4 Å². The lowest BCUT2D eigenvalue weighted by molar-refractivity contribution is 0.306. The van der Waals surface area contributed by atoms with Crippen LogP contribution in [0.3, 0.4) is 0 Å². The average Bonchev–Trinajstić information content (AvgIpc) is 2.37. The first-order chi connectivity index (χ1) is 8.97. The molecule has 0 aromatic heterocycles. The summed E-state index contributed by atoms with van der Waals surface area (Å²) in [5.74, 6) is 0.868. The molecule has 2 heteroatoms. The number of ether oxygens (including phenoxy) is 1. The van der Waals surface area contributed by atoms with Crippen LogP contribution in [-0.4, -0.2) is 0 Å². The van der Waals surface area contributed by atoms with E-state index in [2.05, 4.69) is 32.9 Å². The summed E-state index contributed by atoms with van der Waals surface area (Å²) >= 11 is 6.10. The lowest BCUT2D eigenvalue weighted by Crippen LogP contribution is -2.10. The number of hydrogen-bond donors (Lipinski definition) is 0. The van der Waals surface area contributed by atoms with E-state index in [1.54, 1.807) is 0 Å². The highest BCUT2D eigenvalue weighted by Crippen LogP contribution is 2.25. The Kier molecular flexibility index (Phi) is 4.16. The summed E-state index contributed by atoms with van der Waals surface area (Å²) in [7, 11) is 0. The molecule has 1 nitrogen and oxygen atoms in total. The zero-order chi connectivity index (χ0) is 13.9. The molecule has 0 heterocycles. The van der Waals surface area contributed by atoms with Gasteiger partial charge >= 0.3 is 0 Å². The van der Waals surface area contributed by atoms with Gasteiger partial charge in [-0.3, -0.25) is 0 Å². The van der Waals surface area contributed by atoms with Gasteiger partial charge in [-0.25, -0.2) is 0 Å². The van der Waals surface area contributed by atoms with Crippen molar-refractivity contribution in [1.82, 2.24) is 0 Å². The van der Waals surface area contributed by atoms with Crippen LogP contribution in [0.4, 0.5) is 0 Å². The third-order valence-corrected chi connectivity index (χ3v) is 3.44. The number of benzene rings is 2. The minimum atomic E-state index is 0.168. The summed E-state index contributed by atoms with van der Waals surface area (Å²) in [5.41, 5.74) is 2.48. The van der Waals surface area contributed by atoms with Gasteiger partial charge in [-0.1, -0.05) is 62.7 Å². The molecule has 0 saturated heterocycles. The van der Waals surface area contributed by atoms with E-state index < -0.39 is 0 Å². The molecule has 0 spiro atoms. The van der Waals surface area contributed by atoms with Crippen molar-refractivity contribution in [2.24, 2.45) is 0 Å². The van der Waals surface area contributed by atoms with Gasteiger partial charge in [-0.2, -0.15) is 0 Å². The Labute approximate surface area is 120 Å². The molecule has 0 aliphatic heterocycles. The summed E-state index contributed by atoms with van der Waals surface area (Å²) in [6.45, 7) is 7.10. The highest BCUT2D eigenvalue weighted by Gasteiger charge is 2.12. The zero-order valence-electron chi connectivity index (χ0n) is 11.6. The number of hydrogen-bond acceptors (Lipinski definition) is 1. The van der Waals surface area contributed by atoms with Crippen molar-refractivity contribution in [1.29, 1.82) is 0 Å². The van der Waals surface area contributed by atoms with Crippen LogP contribution in [0.15, 0.2) is 48.5 Å². The molecule has 0 radical (unpaired) electrons. The fraction of sp³-hybridized carbons (Fsp3) is 0.294. The fourth-order valence-corrected chi connectivity index (χ4v) is 2.02. The molecule has 2 rings (SSSR count). The standard InChI is InChI=1S/C17H19ClO/c1-17(2,3)14-8-10-15(11-9-14)19-12-13-6-4-5-7-16(13)18/h4-11H,12H2,1-3H3. The van der Waals surface area contributed by atoms with E-state index >= 15 is 0 Å². The molecule has 0 aliphatic rings.